The van der Waals surface area contributed by atoms with E-state index in [1.807, 2.05) is 42.5 Å². The molecule has 4 heteroatoms. The first kappa shape index (κ1) is 27.5. The molecule has 2 heterocycles. The maximum absolute atomic E-state index is 6.50. The molecular weight excluding hydrogens is 613 g/mol. The molecule has 0 radical (unpaired) electrons. The van der Waals surface area contributed by atoms with Crippen LogP contribution in [0.4, 0.5) is 17.1 Å². The highest BCUT2D eigenvalue weighted by Crippen LogP contribution is 2.54. The van der Waals surface area contributed by atoms with Gasteiger partial charge in [0.05, 0.1) is 5.69 Å². The fourth-order valence-electron chi connectivity index (χ4n) is 8.47. The Hall–Kier alpha value is -6.39. The molecule has 2 aliphatic rings. The van der Waals surface area contributed by atoms with Crippen LogP contribution in [0.2, 0.25) is 0 Å². The summed E-state index contributed by atoms with van der Waals surface area (Å²) in [6.07, 6.45) is 0. The molecule has 236 valence electrons. The Morgan fingerprint density at radius 3 is 2.14 bits per heavy atom. The Balaban J connectivity index is 1.14. The van der Waals surface area contributed by atoms with Crippen LogP contribution in [0.15, 0.2) is 154 Å². The van der Waals surface area contributed by atoms with E-state index in [-0.39, 0.29) is 5.41 Å². The van der Waals surface area contributed by atoms with Gasteiger partial charge in [-0.1, -0.05) is 98.8 Å². The van der Waals surface area contributed by atoms with Gasteiger partial charge in [0.15, 0.2) is 5.76 Å². The molecule has 2 aromatic heterocycles. The maximum Gasteiger partial charge on any atom is 0.227 e. The van der Waals surface area contributed by atoms with E-state index in [9.17, 15) is 0 Å². The molecule has 0 spiro atoms. The minimum Gasteiger partial charge on any atom is -0.456 e. The van der Waals surface area contributed by atoms with Crippen LogP contribution in [0.1, 0.15) is 25.0 Å². The zero-order valence-corrected chi connectivity index (χ0v) is 27.6. The lowest BCUT2D eigenvalue weighted by Gasteiger charge is -2.29. The van der Waals surface area contributed by atoms with Crippen molar-refractivity contribution in [3.8, 4) is 45.2 Å². The number of aromatic nitrogens is 1. The van der Waals surface area contributed by atoms with Crippen molar-refractivity contribution in [3.05, 3.63) is 157 Å². The fraction of sp³-hybridized carbons (Fsp3) is 0.0652. The zero-order chi connectivity index (χ0) is 33.1. The van der Waals surface area contributed by atoms with Crippen LogP contribution in [-0.2, 0) is 5.41 Å². The second kappa shape index (κ2) is 9.83. The van der Waals surface area contributed by atoms with Crippen molar-refractivity contribution >= 4 is 49.8 Å². The fourth-order valence-corrected chi connectivity index (χ4v) is 8.47. The predicted molar refractivity (Wildman–Crippen MR) is 203 cm³/mol. The Morgan fingerprint density at radius 2 is 1.22 bits per heavy atom. The quantitative estimate of drug-likeness (QED) is 0.192. The third-order valence-corrected chi connectivity index (χ3v) is 10.8. The minimum absolute atomic E-state index is 0.128. The van der Waals surface area contributed by atoms with E-state index >= 15 is 0 Å². The number of hydrogen-bond donors (Lipinski definition) is 0. The van der Waals surface area contributed by atoms with Crippen LogP contribution < -0.4 is 4.90 Å². The van der Waals surface area contributed by atoms with Gasteiger partial charge in [-0.25, -0.2) is 4.98 Å². The molecule has 0 aliphatic heterocycles. The summed E-state index contributed by atoms with van der Waals surface area (Å²) < 4.78 is 12.8. The largest absolute Gasteiger partial charge is 0.456 e. The minimum atomic E-state index is -0.128. The SMILES string of the molecule is CC1(C)c2ccccc2-c2ccc(N(c3ccc4oc5ccccc5c4c3)c3ccc4c5c(cccc35)-c3oc(-c5ccccc5)nc3-4)cc21. The van der Waals surface area contributed by atoms with Crippen LogP contribution in [-0.4, -0.2) is 4.98 Å². The van der Waals surface area contributed by atoms with Crippen LogP contribution in [0, 0.1) is 0 Å². The van der Waals surface area contributed by atoms with E-state index < -0.39 is 0 Å². The van der Waals surface area contributed by atoms with Gasteiger partial charge >= 0.3 is 0 Å². The van der Waals surface area contributed by atoms with E-state index in [1.54, 1.807) is 0 Å². The van der Waals surface area contributed by atoms with Gasteiger partial charge in [0.2, 0.25) is 5.89 Å². The highest BCUT2D eigenvalue weighted by atomic mass is 16.4. The van der Waals surface area contributed by atoms with Gasteiger partial charge in [-0.2, -0.15) is 0 Å². The van der Waals surface area contributed by atoms with Crippen molar-refractivity contribution in [1.82, 2.24) is 4.98 Å². The topological polar surface area (TPSA) is 42.4 Å². The van der Waals surface area contributed by atoms with E-state index in [0.717, 1.165) is 72.5 Å². The smallest absolute Gasteiger partial charge is 0.227 e. The average molecular weight is 643 g/mol. The molecule has 7 aromatic carbocycles. The standard InChI is InChI=1S/C46H30N2O2/c1-46(2)37-17-8-6-13-30(37)31-21-19-29(26-38(31)46)48(28-20-24-41-36(25-28)32-14-7-9-18-40(32)49-41)39-23-22-34-42-33(39)15-10-16-35(42)44-43(34)47-45(50-44)27-11-4-3-5-12-27/h3-26H,1-2H3. The first-order valence-electron chi connectivity index (χ1n) is 17.1. The number of para-hydroxylation sites is 1. The van der Waals surface area contributed by atoms with Crippen LogP contribution in [0.25, 0.3) is 77.9 Å². The summed E-state index contributed by atoms with van der Waals surface area (Å²) in [5, 5.41) is 4.52. The molecule has 2 aliphatic carbocycles. The van der Waals surface area contributed by atoms with E-state index in [4.69, 9.17) is 13.8 Å². The lowest BCUT2D eigenvalue weighted by atomic mass is 9.82. The highest BCUT2D eigenvalue weighted by molar-refractivity contribution is 6.18. The summed E-state index contributed by atoms with van der Waals surface area (Å²) >= 11 is 0. The Bertz CT molecular complexity index is 2830. The van der Waals surface area contributed by atoms with Gasteiger partial charge in [0.1, 0.15) is 16.9 Å². The van der Waals surface area contributed by atoms with Gasteiger partial charge in [-0.15, -0.1) is 0 Å². The number of anilines is 3. The van der Waals surface area contributed by atoms with Crippen molar-refractivity contribution in [2.75, 3.05) is 4.90 Å². The van der Waals surface area contributed by atoms with Gasteiger partial charge in [0, 0.05) is 55.0 Å². The van der Waals surface area contributed by atoms with Crippen molar-refractivity contribution < 1.29 is 8.83 Å². The summed E-state index contributed by atoms with van der Waals surface area (Å²) in [4.78, 5) is 7.44. The molecule has 4 nitrogen and oxygen atoms in total. The van der Waals surface area contributed by atoms with E-state index in [0.29, 0.717) is 5.89 Å². The lowest BCUT2D eigenvalue weighted by molar-refractivity contribution is 0.590. The molecule has 9 aromatic rings. The average Bonchev–Trinajstić information content (AvgIpc) is 3.89. The third kappa shape index (κ3) is 3.68. The molecule has 0 bridgehead atoms. The summed E-state index contributed by atoms with van der Waals surface area (Å²) in [7, 11) is 0. The number of benzene rings is 7. The normalized spacial score (nSPS) is 13.6. The Labute approximate surface area is 288 Å². The summed E-state index contributed by atoms with van der Waals surface area (Å²) in [5.74, 6) is 1.47. The monoisotopic (exact) mass is 642 g/mol. The van der Waals surface area contributed by atoms with Crippen molar-refractivity contribution in [3.63, 3.8) is 0 Å². The molecule has 11 rings (SSSR count). The van der Waals surface area contributed by atoms with E-state index in [2.05, 4.69) is 122 Å². The number of furan rings is 1. The molecular formula is C46H30N2O2. The maximum atomic E-state index is 6.50. The van der Waals surface area contributed by atoms with Crippen molar-refractivity contribution in [2.24, 2.45) is 0 Å². The molecule has 0 fully saturated rings. The molecule has 50 heavy (non-hydrogen) atoms. The first-order valence-corrected chi connectivity index (χ1v) is 17.1. The molecule has 0 N–H and O–H groups in total. The number of nitrogens with zero attached hydrogens (tertiary/aromatic N) is 2. The summed E-state index contributed by atoms with van der Waals surface area (Å²) in [6.45, 7) is 4.68. The lowest BCUT2D eigenvalue weighted by Crippen LogP contribution is -2.16. The Kier molecular flexibility index (Phi) is 5.42. The second-order valence-electron chi connectivity index (χ2n) is 13.9. The van der Waals surface area contributed by atoms with Gasteiger partial charge in [-0.3, -0.25) is 0 Å². The number of oxazole rings is 1. The molecule has 0 amide bonds. The first-order chi connectivity index (χ1) is 24.5. The summed E-state index contributed by atoms with van der Waals surface area (Å²) in [5.41, 5.74) is 14.3. The number of rotatable bonds is 4. The van der Waals surface area contributed by atoms with E-state index in [1.165, 1.54) is 27.6 Å². The van der Waals surface area contributed by atoms with Gasteiger partial charge in [0.25, 0.3) is 0 Å². The van der Waals surface area contributed by atoms with Crippen LogP contribution in [0.5, 0.6) is 0 Å². The van der Waals surface area contributed by atoms with Gasteiger partial charge < -0.3 is 13.7 Å². The number of fused-ring (bicyclic) bond motifs is 9. The number of hydrogen-bond acceptors (Lipinski definition) is 4. The van der Waals surface area contributed by atoms with Crippen molar-refractivity contribution in [2.45, 2.75) is 19.3 Å². The molecule has 0 saturated heterocycles. The van der Waals surface area contributed by atoms with Gasteiger partial charge in [-0.05, 0) is 82.9 Å². The third-order valence-electron chi connectivity index (χ3n) is 10.8. The summed E-state index contributed by atoms with van der Waals surface area (Å²) in [6, 6.07) is 51.7. The van der Waals surface area contributed by atoms with Crippen molar-refractivity contribution in [1.29, 1.82) is 0 Å². The van der Waals surface area contributed by atoms with Crippen LogP contribution >= 0.6 is 0 Å². The zero-order valence-electron chi connectivity index (χ0n) is 27.6. The Morgan fingerprint density at radius 1 is 0.520 bits per heavy atom. The van der Waals surface area contributed by atoms with Crippen LogP contribution in [0.3, 0.4) is 0 Å². The second-order valence-corrected chi connectivity index (χ2v) is 13.9. The molecule has 0 saturated carbocycles. The highest BCUT2D eigenvalue weighted by Gasteiger charge is 2.36. The molecule has 0 unspecified atom stereocenters. The molecule has 0 atom stereocenters. The predicted octanol–water partition coefficient (Wildman–Crippen LogP) is 12.8.